The van der Waals surface area contributed by atoms with E-state index in [-0.39, 0.29) is 17.2 Å². The van der Waals surface area contributed by atoms with Crippen LogP contribution in [0.2, 0.25) is 0 Å². The smallest absolute Gasteiger partial charge is 0.435 e. The van der Waals surface area contributed by atoms with Gasteiger partial charge in [-0.2, -0.15) is 8.78 Å². The molecule has 0 N–H and O–H groups in total. The van der Waals surface area contributed by atoms with Crippen LogP contribution in [0.15, 0.2) is 18.2 Å². The molecule has 3 rings (SSSR count). The Kier molecular flexibility index (Phi) is 5.47. The van der Waals surface area contributed by atoms with Crippen LogP contribution in [0, 0.1) is 0 Å². The van der Waals surface area contributed by atoms with E-state index < -0.39 is 24.9 Å². The summed E-state index contributed by atoms with van der Waals surface area (Å²) in [6.45, 7) is 6.30. The molecule has 0 aliphatic carbocycles. The number of ether oxygens (including phenoxy) is 2. The van der Waals surface area contributed by atoms with Crippen molar-refractivity contribution in [3.63, 3.8) is 0 Å². The molecule has 0 atom stereocenters. The van der Waals surface area contributed by atoms with Gasteiger partial charge in [-0.3, -0.25) is 4.79 Å². The maximum atomic E-state index is 13.0. The van der Waals surface area contributed by atoms with Crippen molar-refractivity contribution >= 4 is 18.5 Å². The molecule has 0 spiro atoms. The Bertz CT molecular complexity index is 691. The molecule has 1 aromatic rings. The molecule has 9 heteroatoms. The number of morpholine rings is 1. The topological polar surface area (TPSA) is 57.2 Å². The SMILES string of the molecule is CC1(C)OB(c2ccc(C(=O)N3CCOCC3)cc2OC(F)F)OC1(C)C. The molecular formula is C18H24BF2NO5. The average Bonchev–Trinajstić information content (AvgIpc) is 2.82. The molecule has 0 saturated carbocycles. The van der Waals surface area contributed by atoms with Crippen LogP contribution in [0.4, 0.5) is 8.78 Å². The second kappa shape index (κ2) is 7.37. The van der Waals surface area contributed by atoms with E-state index in [0.29, 0.717) is 31.8 Å². The van der Waals surface area contributed by atoms with Crippen LogP contribution in [-0.2, 0) is 14.0 Å². The van der Waals surface area contributed by atoms with Crippen LogP contribution in [0.5, 0.6) is 5.75 Å². The minimum absolute atomic E-state index is 0.123. The number of hydrogen-bond donors (Lipinski definition) is 0. The minimum Gasteiger partial charge on any atom is -0.435 e. The summed E-state index contributed by atoms with van der Waals surface area (Å²) in [6, 6.07) is 4.45. The molecule has 0 aromatic heterocycles. The molecule has 2 heterocycles. The molecule has 1 amide bonds. The van der Waals surface area contributed by atoms with Gasteiger partial charge >= 0.3 is 13.7 Å². The van der Waals surface area contributed by atoms with Crippen molar-refractivity contribution in [1.82, 2.24) is 4.90 Å². The number of carbonyl (C=O) groups excluding carboxylic acids is 1. The van der Waals surface area contributed by atoms with Gasteiger partial charge < -0.3 is 23.7 Å². The van der Waals surface area contributed by atoms with Gasteiger partial charge in [0.25, 0.3) is 5.91 Å². The zero-order valence-electron chi connectivity index (χ0n) is 16.0. The highest BCUT2D eigenvalue weighted by Crippen LogP contribution is 2.37. The lowest BCUT2D eigenvalue weighted by Gasteiger charge is -2.32. The van der Waals surface area contributed by atoms with E-state index in [1.54, 1.807) is 17.0 Å². The number of hydrogen-bond acceptors (Lipinski definition) is 5. The van der Waals surface area contributed by atoms with Gasteiger partial charge in [-0.1, -0.05) is 6.07 Å². The highest BCUT2D eigenvalue weighted by molar-refractivity contribution is 6.63. The molecule has 1 aromatic carbocycles. The van der Waals surface area contributed by atoms with E-state index in [1.807, 2.05) is 27.7 Å². The average molecular weight is 383 g/mol. The quantitative estimate of drug-likeness (QED) is 0.746. The van der Waals surface area contributed by atoms with E-state index in [4.69, 9.17) is 14.0 Å². The van der Waals surface area contributed by atoms with Gasteiger partial charge in [-0.05, 0) is 39.8 Å². The molecule has 148 valence electrons. The van der Waals surface area contributed by atoms with Crippen molar-refractivity contribution in [3.8, 4) is 5.75 Å². The predicted octanol–water partition coefficient (Wildman–Crippen LogP) is 2.06. The van der Waals surface area contributed by atoms with Crippen molar-refractivity contribution in [2.24, 2.45) is 0 Å². The molecule has 0 bridgehead atoms. The lowest BCUT2D eigenvalue weighted by atomic mass is 9.78. The number of carbonyl (C=O) groups is 1. The van der Waals surface area contributed by atoms with Crippen LogP contribution >= 0.6 is 0 Å². The Morgan fingerprint density at radius 1 is 1.15 bits per heavy atom. The fourth-order valence-corrected chi connectivity index (χ4v) is 2.98. The van der Waals surface area contributed by atoms with Crippen molar-refractivity contribution < 1.29 is 32.4 Å². The fourth-order valence-electron chi connectivity index (χ4n) is 2.98. The molecule has 2 aliphatic rings. The Hall–Kier alpha value is -1.71. The lowest BCUT2D eigenvalue weighted by Crippen LogP contribution is -2.41. The molecule has 27 heavy (non-hydrogen) atoms. The summed E-state index contributed by atoms with van der Waals surface area (Å²) in [5, 5.41) is 0. The van der Waals surface area contributed by atoms with Crippen LogP contribution in [-0.4, -0.2) is 62.0 Å². The predicted molar refractivity (Wildman–Crippen MR) is 95.5 cm³/mol. The summed E-state index contributed by atoms with van der Waals surface area (Å²) in [4.78, 5) is 14.3. The fraction of sp³-hybridized carbons (Fsp3) is 0.611. The summed E-state index contributed by atoms with van der Waals surface area (Å²) in [5.74, 6) is -0.375. The van der Waals surface area contributed by atoms with Crippen molar-refractivity contribution in [2.75, 3.05) is 26.3 Å². The second-order valence-corrected chi connectivity index (χ2v) is 7.62. The highest BCUT2D eigenvalue weighted by Gasteiger charge is 2.52. The van der Waals surface area contributed by atoms with E-state index >= 15 is 0 Å². The van der Waals surface area contributed by atoms with E-state index in [9.17, 15) is 13.6 Å². The van der Waals surface area contributed by atoms with Gasteiger partial charge in [0.1, 0.15) is 5.75 Å². The molecule has 0 unspecified atom stereocenters. The van der Waals surface area contributed by atoms with Gasteiger partial charge in [0.15, 0.2) is 0 Å². The summed E-state index contributed by atoms with van der Waals surface area (Å²) >= 11 is 0. The highest BCUT2D eigenvalue weighted by atomic mass is 19.3. The Morgan fingerprint density at radius 3 is 2.30 bits per heavy atom. The maximum absolute atomic E-state index is 13.0. The third-order valence-electron chi connectivity index (χ3n) is 5.28. The van der Waals surface area contributed by atoms with Gasteiger partial charge in [0.2, 0.25) is 0 Å². The minimum atomic E-state index is -3.03. The third kappa shape index (κ3) is 4.10. The van der Waals surface area contributed by atoms with Crippen molar-refractivity contribution in [2.45, 2.75) is 45.5 Å². The first-order valence-corrected chi connectivity index (χ1v) is 8.92. The number of nitrogens with zero attached hydrogens (tertiary/aromatic N) is 1. The molecule has 2 saturated heterocycles. The van der Waals surface area contributed by atoms with Gasteiger partial charge in [-0.25, -0.2) is 0 Å². The monoisotopic (exact) mass is 383 g/mol. The molecular weight excluding hydrogens is 359 g/mol. The molecule has 0 radical (unpaired) electrons. The molecule has 6 nitrogen and oxygen atoms in total. The maximum Gasteiger partial charge on any atom is 0.498 e. The number of rotatable bonds is 4. The van der Waals surface area contributed by atoms with Crippen LogP contribution in [0.3, 0.4) is 0 Å². The van der Waals surface area contributed by atoms with Gasteiger partial charge in [0, 0.05) is 24.1 Å². The van der Waals surface area contributed by atoms with Gasteiger partial charge in [0.05, 0.1) is 24.4 Å². The normalized spacial score (nSPS) is 21.6. The zero-order valence-corrected chi connectivity index (χ0v) is 16.0. The largest absolute Gasteiger partial charge is 0.498 e. The Balaban J connectivity index is 1.90. The van der Waals surface area contributed by atoms with Gasteiger partial charge in [-0.15, -0.1) is 0 Å². The number of amides is 1. The van der Waals surface area contributed by atoms with Crippen LogP contribution < -0.4 is 10.2 Å². The first kappa shape index (κ1) is 20.0. The Labute approximate surface area is 157 Å². The standard InChI is InChI=1S/C18H24BF2NO5/c1-17(2)18(3,4)27-19(26-17)13-6-5-12(11-14(13)25-16(20)21)15(23)22-7-9-24-10-8-22/h5-6,11,16H,7-10H2,1-4H3. The molecule has 2 aliphatic heterocycles. The van der Waals surface area contributed by atoms with E-state index in [0.717, 1.165) is 0 Å². The Morgan fingerprint density at radius 2 is 1.74 bits per heavy atom. The van der Waals surface area contributed by atoms with E-state index in [2.05, 4.69) is 4.74 Å². The summed E-state index contributed by atoms with van der Waals surface area (Å²) < 4.78 is 47.7. The van der Waals surface area contributed by atoms with E-state index in [1.165, 1.54) is 6.07 Å². The van der Waals surface area contributed by atoms with Crippen molar-refractivity contribution in [3.05, 3.63) is 23.8 Å². The van der Waals surface area contributed by atoms with Crippen LogP contribution in [0.1, 0.15) is 38.1 Å². The number of alkyl halides is 2. The second-order valence-electron chi connectivity index (χ2n) is 7.62. The first-order valence-electron chi connectivity index (χ1n) is 8.92. The summed E-state index contributed by atoms with van der Waals surface area (Å²) in [5.41, 5.74) is -0.648. The lowest BCUT2D eigenvalue weighted by molar-refractivity contribution is -0.0493. The van der Waals surface area contributed by atoms with Crippen molar-refractivity contribution in [1.29, 1.82) is 0 Å². The van der Waals surface area contributed by atoms with Crippen LogP contribution in [0.25, 0.3) is 0 Å². The first-order chi connectivity index (χ1) is 12.6. The summed E-state index contributed by atoms with van der Waals surface area (Å²) in [6.07, 6.45) is 0. The number of halogens is 2. The molecule has 2 fully saturated rings. The summed E-state index contributed by atoms with van der Waals surface area (Å²) in [7, 11) is -0.865. The zero-order chi connectivity index (χ0) is 19.8. The number of benzene rings is 1. The third-order valence-corrected chi connectivity index (χ3v) is 5.28.